The van der Waals surface area contributed by atoms with E-state index >= 15 is 0 Å². The number of carbonyl (C=O) groups excluding carboxylic acids is 1. The molecule has 144 valence electrons. The van der Waals surface area contributed by atoms with Gasteiger partial charge in [0.15, 0.2) is 11.5 Å². The molecule has 0 atom stereocenters. The monoisotopic (exact) mass is 388 g/mol. The van der Waals surface area contributed by atoms with Gasteiger partial charge in [0.2, 0.25) is 0 Å². The Balaban J connectivity index is 1.65. The first-order chi connectivity index (χ1) is 13.3. The molecule has 28 heavy (non-hydrogen) atoms. The van der Waals surface area contributed by atoms with E-state index in [0.717, 1.165) is 12.1 Å². The number of methoxy groups -OCH3 is 1. The Morgan fingerprint density at radius 1 is 0.964 bits per heavy atom. The predicted octanol–water partition coefficient (Wildman–Crippen LogP) is 4.50. The van der Waals surface area contributed by atoms with E-state index in [-0.39, 0.29) is 11.5 Å². The van der Waals surface area contributed by atoms with Crippen molar-refractivity contribution in [3.8, 4) is 5.75 Å². The van der Waals surface area contributed by atoms with E-state index in [1.807, 2.05) is 0 Å². The van der Waals surface area contributed by atoms with E-state index in [2.05, 4.69) is 20.8 Å². The molecule has 0 saturated carbocycles. The summed E-state index contributed by atoms with van der Waals surface area (Å²) in [6, 6.07) is 14.3. The van der Waals surface area contributed by atoms with E-state index in [1.54, 1.807) is 24.3 Å². The third-order valence-corrected chi connectivity index (χ3v) is 3.71. The van der Waals surface area contributed by atoms with Crippen molar-refractivity contribution in [2.75, 3.05) is 17.7 Å². The zero-order chi connectivity index (χ0) is 20.1. The van der Waals surface area contributed by atoms with Crippen LogP contribution >= 0.6 is 0 Å². The average Bonchev–Trinajstić information content (AvgIpc) is 2.68. The molecule has 1 heterocycles. The molecule has 0 aliphatic carbocycles. The molecule has 0 spiro atoms. The number of aromatic nitrogens is 2. The quantitative estimate of drug-likeness (QED) is 0.673. The first-order valence-corrected chi connectivity index (χ1v) is 8.08. The highest BCUT2D eigenvalue weighted by Gasteiger charge is 2.29. The van der Waals surface area contributed by atoms with Gasteiger partial charge in [0, 0.05) is 17.4 Å². The van der Waals surface area contributed by atoms with Gasteiger partial charge in [-0.15, -0.1) is 10.2 Å². The number of benzene rings is 2. The van der Waals surface area contributed by atoms with Crippen LogP contribution in [0, 0.1) is 0 Å². The van der Waals surface area contributed by atoms with Crippen molar-refractivity contribution in [2.45, 2.75) is 6.18 Å². The first-order valence-electron chi connectivity index (χ1n) is 8.08. The van der Waals surface area contributed by atoms with E-state index in [9.17, 15) is 18.0 Å². The summed E-state index contributed by atoms with van der Waals surface area (Å²) in [5.74, 6) is 0.430. The zero-order valence-corrected chi connectivity index (χ0v) is 14.6. The predicted molar refractivity (Wildman–Crippen MR) is 97.7 cm³/mol. The van der Waals surface area contributed by atoms with Gasteiger partial charge < -0.3 is 15.4 Å². The third kappa shape index (κ3) is 4.76. The number of ether oxygens (including phenoxy) is 1. The minimum Gasteiger partial charge on any atom is -0.497 e. The largest absolute Gasteiger partial charge is 0.497 e. The molecule has 2 aromatic carbocycles. The topological polar surface area (TPSA) is 76.1 Å². The summed E-state index contributed by atoms with van der Waals surface area (Å²) in [5.41, 5.74) is 0.295. The lowest BCUT2D eigenvalue weighted by atomic mass is 10.2. The number of nitrogens with one attached hydrogen (secondary N) is 2. The molecule has 1 amide bonds. The van der Waals surface area contributed by atoms with Crippen molar-refractivity contribution < 1.29 is 22.7 Å². The highest BCUT2D eigenvalue weighted by atomic mass is 19.4. The molecule has 0 radical (unpaired) electrons. The maximum absolute atomic E-state index is 12.6. The Morgan fingerprint density at radius 3 is 2.32 bits per heavy atom. The van der Waals surface area contributed by atoms with E-state index in [1.165, 1.54) is 31.4 Å². The van der Waals surface area contributed by atoms with Gasteiger partial charge in [-0.2, -0.15) is 13.2 Å². The van der Waals surface area contributed by atoms with Gasteiger partial charge in [-0.25, -0.2) is 0 Å². The molecule has 1 aromatic heterocycles. The fourth-order valence-electron chi connectivity index (χ4n) is 2.31. The van der Waals surface area contributed by atoms with Crippen LogP contribution in [0.25, 0.3) is 0 Å². The molecule has 0 saturated heterocycles. The Hall–Kier alpha value is -3.62. The van der Waals surface area contributed by atoms with Gasteiger partial charge in [-0.1, -0.05) is 6.07 Å². The molecule has 0 bridgehead atoms. The summed E-state index contributed by atoms with van der Waals surface area (Å²) in [5, 5.41) is 13.2. The number of hydrogen-bond donors (Lipinski definition) is 2. The Labute approximate surface area is 158 Å². The average molecular weight is 388 g/mol. The lowest BCUT2D eigenvalue weighted by molar-refractivity contribution is -0.137. The van der Waals surface area contributed by atoms with Gasteiger partial charge >= 0.3 is 6.18 Å². The second-order valence-electron chi connectivity index (χ2n) is 5.69. The number of amides is 1. The number of halogens is 3. The van der Waals surface area contributed by atoms with Crippen LogP contribution in [0.3, 0.4) is 0 Å². The van der Waals surface area contributed by atoms with Crippen LogP contribution in [0.5, 0.6) is 5.75 Å². The van der Waals surface area contributed by atoms with E-state index < -0.39 is 17.6 Å². The molecule has 0 unspecified atom stereocenters. The number of hydrogen-bond acceptors (Lipinski definition) is 5. The molecule has 2 N–H and O–H groups in total. The second-order valence-corrected chi connectivity index (χ2v) is 5.69. The molecule has 0 aliphatic rings. The lowest BCUT2D eigenvalue weighted by Crippen LogP contribution is -2.14. The Morgan fingerprint density at radius 2 is 1.71 bits per heavy atom. The van der Waals surface area contributed by atoms with Gasteiger partial charge in [-0.05, 0) is 48.5 Å². The van der Waals surface area contributed by atoms with Crippen LogP contribution in [-0.4, -0.2) is 23.2 Å². The summed E-state index contributed by atoms with van der Waals surface area (Å²) in [7, 11) is 1.52. The first kappa shape index (κ1) is 19.2. The minimum atomic E-state index is -4.39. The highest BCUT2D eigenvalue weighted by molar-refractivity contribution is 6.02. The summed E-state index contributed by atoms with van der Waals surface area (Å²) in [6.07, 6.45) is -4.39. The Bertz CT molecular complexity index is 958. The van der Waals surface area contributed by atoms with Crippen molar-refractivity contribution in [1.29, 1.82) is 0 Å². The number of alkyl halides is 3. The number of rotatable bonds is 5. The summed E-state index contributed by atoms with van der Waals surface area (Å²) in [6.45, 7) is 0. The summed E-state index contributed by atoms with van der Waals surface area (Å²) in [4.78, 5) is 12.2. The van der Waals surface area contributed by atoms with Crippen LogP contribution in [0.15, 0.2) is 60.7 Å². The van der Waals surface area contributed by atoms with Crippen LogP contribution in [0.2, 0.25) is 0 Å². The molecular weight excluding hydrogens is 373 g/mol. The zero-order valence-electron chi connectivity index (χ0n) is 14.6. The van der Waals surface area contributed by atoms with Gasteiger partial charge in [0.25, 0.3) is 5.91 Å². The molecule has 6 nitrogen and oxygen atoms in total. The van der Waals surface area contributed by atoms with E-state index in [0.29, 0.717) is 17.1 Å². The minimum absolute atomic E-state index is 0.0841. The summed E-state index contributed by atoms with van der Waals surface area (Å²) >= 11 is 0. The van der Waals surface area contributed by atoms with Gasteiger partial charge in [0.1, 0.15) is 5.75 Å². The van der Waals surface area contributed by atoms with Crippen LogP contribution in [0.1, 0.15) is 16.1 Å². The molecular formula is C19H15F3N4O2. The molecule has 0 aliphatic heterocycles. The van der Waals surface area contributed by atoms with Crippen molar-refractivity contribution in [1.82, 2.24) is 10.2 Å². The normalized spacial score (nSPS) is 11.0. The second kappa shape index (κ2) is 7.95. The number of carbonyl (C=O) groups is 1. The van der Waals surface area contributed by atoms with Gasteiger partial charge in [0.05, 0.1) is 12.7 Å². The van der Waals surface area contributed by atoms with E-state index in [4.69, 9.17) is 4.74 Å². The molecule has 9 heteroatoms. The highest BCUT2D eigenvalue weighted by Crippen LogP contribution is 2.30. The molecule has 3 rings (SSSR count). The van der Waals surface area contributed by atoms with Crippen molar-refractivity contribution in [3.63, 3.8) is 0 Å². The molecule has 3 aromatic rings. The Kier molecular flexibility index (Phi) is 5.44. The molecule has 0 fully saturated rings. The SMILES string of the molecule is COc1cccc(NC(=O)c2ccc(Nc3ccc(C(F)(F)F)cc3)nn2)c1. The fraction of sp³-hybridized carbons (Fsp3) is 0.105. The van der Waals surface area contributed by atoms with Crippen LogP contribution < -0.4 is 15.4 Å². The maximum Gasteiger partial charge on any atom is 0.416 e. The van der Waals surface area contributed by atoms with Gasteiger partial charge in [-0.3, -0.25) is 4.79 Å². The maximum atomic E-state index is 12.6. The standard InChI is InChI=1S/C19H15F3N4O2/c1-28-15-4-2-3-14(11-15)24-18(27)16-9-10-17(26-25-16)23-13-7-5-12(6-8-13)19(20,21)22/h2-11H,1H3,(H,23,26)(H,24,27). The smallest absolute Gasteiger partial charge is 0.416 e. The van der Waals surface area contributed by atoms with Crippen molar-refractivity contribution >= 4 is 23.1 Å². The fourth-order valence-corrected chi connectivity index (χ4v) is 2.31. The van der Waals surface area contributed by atoms with Crippen molar-refractivity contribution in [3.05, 3.63) is 71.9 Å². The van der Waals surface area contributed by atoms with Crippen LogP contribution in [-0.2, 0) is 6.18 Å². The number of nitrogens with zero attached hydrogens (tertiary/aromatic N) is 2. The van der Waals surface area contributed by atoms with Crippen molar-refractivity contribution in [2.24, 2.45) is 0 Å². The number of anilines is 3. The van der Waals surface area contributed by atoms with Crippen LogP contribution in [0.4, 0.5) is 30.4 Å². The summed E-state index contributed by atoms with van der Waals surface area (Å²) < 4.78 is 42.8. The lowest BCUT2D eigenvalue weighted by Gasteiger charge is -2.09. The third-order valence-electron chi connectivity index (χ3n) is 3.71.